The highest BCUT2D eigenvalue weighted by molar-refractivity contribution is 7.10. The van der Waals surface area contributed by atoms with Crippen molar-refractivity contribution in [1.82, 2.24) is 10.2 Å². The predicted molar refractivity (Wildman–Crippen MR) is 110 cm³/mol. The Morgan fingerprint density at radius 1 is 1.11 bits per heavy atom. The molecule has 1 fully saturated rings. The van der Waals surface area contributed by atoms with Crippen LogP contribution in [0.4, 0.5) is 0 Å². The molecule has 1 unspecified atom stereocenters. The number of hydrogen-bond donors (Lipinski definition) is 1. The molecule has 6 heteroatoms. The van der Waals surface area contributed by atoms with Crippen molar-refractivity contribution in [3.63, 3.8) is 0 Å². The Kier molecular flexibility index (Phi) is 6.62. The molecule has 148 valence electrons. The van der Waals surface area contributed by atoms with Crippen LogP contribution in [0.25, 0.3) is 0 Å². The fraction of sp³-hybridized carbons (Fsp3) is 0.409. The maximum atomic E-state index is 12.5. The van der Waals surface area contributed by atoms with Crippen molar-refractivity contribution in [2.45, 2.75) is 45.6 Å². The minimum atomic E-state index is -0.231. The number of rotatable bonds is 8. The summed E-state index contributed by atoms with van der Waals surface area (Å²) in [7, 11) is 0. The lowest BCUT2D eigenvalue weighted by Crippen LogP contribution is -2.35. The van der Waals surface area contributed by atoms with Gasteiger partial charge in [0.25, 0.3) is 0 Å². The zero-order valence-corrected chi connectivity index (χ0v) is 17.1. The van der Waals surface area contributed by atoms with E-state index in [2.05, 4.69) is 43.4 Å². The molecule has 3 rings (SSSR count). The lowest BCUT2D eigenvalue weighted by Gasteiger charge is -2.20. The second-order valence-corrected chi connectivity index (χ2v) is 8.52. The molecule has 0 radical (unpaired) electrons. The van der Waals surface area contributed by atoms with E-state index >= 15 is 0 Å². The van der Waals surface area contributed by atoms with Gasteiger partial charge in [-0.3, -0.25) is 19.3 Å². The van der Waals surface area contributed by atoms with E-state index < -0.39 is 0 Å². The second-order valence-electron chi connectivity index (χ2n) is 7.54. The third-order valence-corrected chi connectivity index (χ3v) is 5.74. The number of nitrogens with zero attached hydrogens (tertiary/aromatic N) is 1. The molecule has 1 aliphatic rings. The van der Waals surface area contributed by atoms with E-state index in [0.29, 0.717) is 5.92 Å². The number of nitrogens with one attached hydrogen (secondary N) is 1. The number of benzene rings is 1. The molecular formula is C22H26N2O3S. The van der Waals surface area contributed by atoms with E-state index in [-0.39, 0.29) is 49.6 Å². The topological polar surface area (TPSA) is 66.5 Å². The van der Waals surface area contributed by atoms with E-state index in [4.69, 9.17) is 0 Å². The van der Waals surface area contributed by atoms with Crippen LogP contribution in [-0.4, -0.2) is 29.2 Å². The van der Waals surface area contributed by atoms with Crippen LogP contribution in [-0.2, 0) is 20.8 Å². The van der Waals surface area contributed by atoms with Crippen LogP contribution in [0.2, 0.25) is 0 Å². The fourth-order valence-corrected chi connectivity index (χ4v) is 4.21. The van der Waals surface area contributed by atoms with E-state index in [1.165, 1.54) is 10.5 Å². The Balaban J connectivity index is 1.68. The Hall–Kier alpha value is -2.47. The molecule has 2 heterocycles. The van der Waals surface area contributed by atoms with Gasteiger partial charge in [-0.2, -0.15) is 0 Å². The third-order valence-electron chi connectivity index (χ3n) is 4.81. The predicted octanol–water partition coefficient (Wildman–Crippen LogP) is 3.69. The molecule has 1 aromatic carbocycles. The van der Waals surface area contributed by atoms with Crippen LogP contribution >= 0.6 is 11.3 Å². The molecule has 1 atom stereocenters. The first-order valence-electron chi connectivity index (χ1n) is 9.69. The maximum Gasteiger partial charge on any atom is 0.229 e. The number of thiophene rings is 1. The number of carbonyl (C=O) groups is 3. The highest BCUT2D eigenvalue weighted by atomic mass is 32.1. The zero-order chi connectivity index (χ0) is 20.1. The molecule has 3 amide bonds. The molecule has 1 saturated heterocycles. The molecule has 28 heavy (non-hydrogen) atoms. The minimum Gasteiger partial charge on any atom is -0.344 e. The van der Waals surface area contributed by atoms with Gasteiger partial charge in [0.05, 0.1) is 6.04 Å². The Morgan fingerprint density at radius 2 is 1.79 bits per heavy atom. The van der Waals surface area contributed by atoms with Crippen LogP contribution in [0.15, 0.2) is 41.8 Å². The molecule has 1 aromatic heterocycles. The largest absolute Gasteiger partial charge is 0.344 e. The van der Waals surface area contributed by atoms with Gasteiger partial charge in [-0.15, -0.1) is 11.3 Å². The summed E-state index contributed by atoms with van der Waals surface area (Å²) < 4.78 is 0. The molecule has 0 bridgehead atoms. The number of amides is 3. The van der Waals surface area contributed by atoms with Crippen LogP contribution in [0, 0.1) is 5.92 Å². The van der Waals surface area contributed by atoms with Crippen molar-refractivity contribution < 1.29 is 14.4 Å². The van der Waals surface area contributed by atoms with Crippen molar-refractivity contribution in [1.29, 1.82) is 0 Å². The number of likely N-dealkylation sites (tertiary alicyclic amines) is 1. The summed E-state index contributed by atoms with van der Waals surface area (Å²) in [5, 5.41) is 5.06. The summed E-state index contributed by atoms with van der Waals surface area (Å²) in [5.41, 5.74) is 2.30. The van der Waals surface area contributed by atoms with Gasteiger partial charge in [0.15, 0.2) is 0 Å². The monoisotopic (exact) mass is 398 g/mol. The second kappa shape index (κ2) is 9.15. The van der Waals surface area contributed by atoms with Crippen LogP contribution in [0.3, 0.4) is 0 Å². The number of carbonyl (C=O) groups excluding carboxylic acids is 3. The van der Waals surface area contributed by atoms with Gasteiger partial charge in [0.1, 0.15) is 0 Å². The summed E-state index contributed by atoms with van der Waals surface area (Å²) in [6.45, 7) is 4.53. The molecular weight excluding hydrogens is 372 g/mol. The van der Waals surface area contributed by atoms with E-state index in [0.717, 1.165) is 16.9 Å². The number of imide groups is 1. The first-order chi connectivity index (χ1) is 13.4. The zero-order valence-electron chi connectivity index (χ0n) is 16.3. The van der Waals surface area contributed by atoms with Gasteiger partial charge >= 0.3 is 0 Å². The molecule has 1 N–H and O–H groups in total. The van der Waals surface area contributed by atoms with Gasteiger partial charge in [0.2, 0.25) is 17.7 Å². The molecule has 0 saturated carbocycles. The van der Waals surface area contributed by atoms with Gasteiger partial charge in [-0.1, -0.05) is 44.2 Å². The van der Waals surface area contributed by atoms with Gasteiger partial charge in [0, 0.05) is 30.7 Å². The SMILES string of the molecule is CC(C)Cc1ccc(C(NC(=O)CCN2C(=O)CCC2=O)c2cccs2)cc1. The summed E-state index contributed by atoms with van der Waals surface area (Å²) in [5.74, 6) is 0.0495. The smallest absolute Gasteiger partial charge is 0.229 e. The Labute approximate surface area is 169 Å². The summed E-state index contributed by atoms with van der Waals surface area (Å²) in [6, 6.07) is 12.1. The number of hydrogen-bond acceptors (Lipinski definition) is 4. The van der Waals surface area contributed by atoms with E-state index in [1.54, 1.807) is 11.3 Å². The first-order valence-corrected chi connectivity index (χ1v) is 10.6. The highest BCUT2D eigenvalue weighted by Crippen LogP contribution is 2.27. The Morgan fingerprint density at radius 3 is 2.36 bits per heavy atom. The maximum absolute atomic E-state index is 12.5. The average Bonchev–Trinajstić information content (AvgIpc) is 3.29. The Bertz CT molecular complexity index is 812. The van der Waals surface area contributed by atoms with Crippen molar-refractivity contribution in [3.8, 4) is 0 Å². The molecule has 5 nitrogen and oxygen atoms in total. The third kappa shape index (κ3) is 5.07. The van der Waals surface area contributed by atoms with Gasteiger partial charge < -0.3 is 5.32 Å². The normalized spacial score (nSPS) is 15.3. The van der Waals surface area contributed by atoms with Crippen molar-refractivity contribution >= 4 is 29.1 Å². The van der Waals surface area contributed by atoms with Crippen molar-refractivity contribution in [2.75, 3.05) is 6.54 Å². The minimum absolute atomic E-state index is 0.116. The fourth-order valence-electron chi connectivity index (χ4n) is 3.41. The van der Waals surface area contributed by atoms with E-state index in [9.17, 15) is 14.4 Å². The van der Waals surface area contributed by atoms with Crippen molar-refractivity contribution in [3.05, 3.63) is 57.8 Å². The molecule has 0 aliphatic carbocycles. The lowest BCUT2D eigenvalue weighted by molar-refractivity contribution is -0.138. The quantitative estimate of drug-likeness (QED) is 0.690. The van der Waals surface area contributed by atoms with Crippen LogP contribution < -0.4 is 5.32 Å². The standard InChI is InChI=1S/C22H26N2O3S/c1-15(2)14-16-5-7-17(8-6-16)22(18-4-3-13-28-18)23-19(25)11-12-24-20(26)9-10-21(24)27/h3-8,13,15,22H,9-12,14H2,1-2H3,(H,23,25). The average molecular weight is 399 g/mol. The lowest BCUT2D eigenvalue weighted by atomic mass is 9.98. The van der Waals surface area contributed by atoms with Crippen LogP contribution in [0.1, 0.15) is 55.2 Å². The summed E-state index contributed by atoms with van der Waals surface area (Å²) in [4.78, 5) is 38.2. The molecule has 0 spiro atoms. The summed E-state index contributed by atoms with van der Waals surface area (Å²) >= 11 is 1.59. The first kappa shape index (κ1) is 20.3. The molecule has 2 aromatic rings. The molecule has 1 aliphatic heterocycles. The van der Waals surface area contributed by atoms with E-state index in [1.807, 2.05) is 17.5 Å². The van der Waals surface area contributed by atoms with Gasteiger partial charge in [-0.05, 0) is 34.9 Å². The van der Waals surface area contributed by atoms with Crippen LogP contribution in [0.5, 0.6) is 0 Å². The van der Waals surface area contributed by atoms with Gasteiger partial charge in [-0.25, -0.2) is 0 Å². The highest BCUT2D eigenvalue weighted by Gasteiger charge is 2.29. The summed E-state index contributed by atoms with van der Waals surface area (Å²) in [6.07, 6.45) is 1.64. The van der Waals surface area contributed by atoms with Crippen molar-refractivity contribution in [2.24, 2.45) is 5.92 Å².